The Morgan fingerprint density at radius 3 is 3.11 bits per heavy atom. The van der Waals surface area contributed by atoms with Gasteiger partial charge in [0.15, 0.2) is 15.7 Å². The zero-order valence-electron chi connectivity index (χ0n) is 10.4. The summed E-state index contributed by atoms with van der Waals surface area (Å²) in [6.45, 7) is 3.31. The Kier molecular flexibility index (Phi) is 2.69. The molecule has 0 aromatic carbocycles. The van der Waals surface area contributed by atoms with Gasteiger partial charge in [-0.2, -0.15) is 0 Å². The monoisotopic (exact) mass is 267 g/mol. The van der Waals surface area contributed by atoms with E-state index < -0.39 is 9.84 Å². The SMILES string of the molecule is Cc1ccc2c(n1)N1CCS(=O)(=O)CC1CCN2. The van der Waals surface area contributed by atoms with Gasteiger partial charge in [-0.1, -0.05) is 0 Å². The molecule has 1 aromatic heterocycles. The molecule has 1 unspecified atom stereocenters. The van der Waals surface area contributed by atoms with Crippen molar-refractivity contribution >= 4 is 21.3 Å². The molecule has 0 saturated carbocycles. The first kappa shape index (κ1) is 11.8. The number of fused-ring (bicyclic) bond motifs is 3. The number of nitrogens with zero attached hydrogens (tertiary/aromatic N) is 2. The molecule has 1 aromatic rings. The first-order valence-electron chi connectivity index (χ1n) is 6.24. The van der Waals surface area contributed by atoms with E-state index in [2.05, 4.69) is 15.2 Å². The van der Waals surface area contributed by atoms with Crippen LogP contribution in [-0.2, 0) is 9.84 Å². The highest BCUT2D eigenvalue weighted by molar-refractivity contribution is 7.91. The lowest BCUT2D eigenvalue weighted by Gasteiger charge is -2.35. The molecule has 0 aliphatic carbocycles. The first-order valence-corrected chi connectivity index (χ1v) is 8.06. The second-order valence-electron chi connectivity index (χ2n) is 5.00. The van der Waals surface area contributed by atoms with Crippen molar-refractivity contribution in [1.82, 2.24) is 4.98 Å². The Morgan fingerprint density at radius 1 is 1.44 bits per heavy atom. The molecule has 2 aliphatic heterocycles. The van der Waals surface area contributed by atoms with E-state index in [4.69, 9.17) is 0 Å². The fourth-order valence-corrected chi connectivity index (χ4v) is 4.25. The van der Waals surface area contributed by atoms with Gasteiger partial charge in [-0.05, 0) is 25.5 Å². The van der Waals surface area contributed by atoms with E-state index in [1.165, 1.54) is 0 Å². The molecule has 1 fully saturated rings. The van der Waals surface area contributed by atoms with Gasteiger partial charge in [0.1, 0.15) is 0 Å². The van der Waals surface area contributed by atoms with Gasteiger partial charge in [-0.3, -0.25) is 0 Å². The zero-order chi connectivity index (χ0) is 12.8. The second-order valence-corrected chi connectivity index (χ2v) is 7.23. The van der Waals surface area contributed by atoms with Crippen LogP contribution in [0.5, 0.6) is 0 Å². The molecule has 6 heteroatoms. The Balaban J connectivity index is 2.02. The van der Waals surface area contributed by atoms with Crippen molar-refractivity contribution < 1.29 is 8.42 Å². The Labute approximate surface area is 107 Å². The van der Waals surface area contributed by atoms with E-state index in [1.807, 2.05) is 19.1 Å². The summed E-state index contributed by atoms with van der Waals surface area (Å²) in [6, 6.07) is 4.07. The number of aromatic nitrogens is 1. The summed E-state index contributed by atoms with van der Waals surface area (Å²) < 4.78 is 23.5. The number of nitrogens with one attached hydrogen (secondary N) is 1. The zero-order valence-corrected chi connectivity index (χ0v) is 11.2. The smallest absolute Gasteiger partial charge is 0.154 e. The summed E-state index contributed by atoms with van der Waals surface area (Å²) in [7, 11) is -2.88. The van der Waals surface area contributed by atoms with Crippen LogP contribution in [-0.4, -0.2) is 44.0 Å². The van der Waals surface area contributed by atoms with Crippen molar-refractivity contribution in [1.29, 1.82) is 0 Å². The molecular formula is C12H17N3O2S. The highest BCUT2D eigenvalue weighted by Gasteiger charge is 2.34. The molecule has 1 N–H and O–H groups in total. The number of anilines is 2. The summed E-state index contributed by atoms with van der Waals surface area (Å²) in [6.07, 6.45) is 0.842. The number of hydrogen-bond donors (Lipinski definition) is 1. The number of aryl methyl sites for hydroxylation is 1. The molecule has 0 spiro atoms. The van der Waals surface area contributed by atoms with Crippen LogP contribution >= 0.6 is 0 Å². The maximum Gasteiger partial charge on any atom is 0.154 e. The van der Waals surface area contributed by atoms with Gasteiger partial charge < -0.3 is 10.2 Å². The molecule has 0 radical (unpaired) electrons. The van der Waals surface area contributed by atoms with Crippen molar-refractivity contribution in [2.75, 3.05) is 34.8 Å². The fraction of sp³-hybridized carbons (Fsp3) is 0.583. The topological polar surface area (TPSA) is 62.3 Å². The molecule has 5 nitrogen and oxygen atoms in total. The first-order chi connectivity index (χ1) is 8.55. The van der Waals surface area contributed by atoms with Gasteiger partial charge >= 0.3 is 0 Å². The summed E-state index contributed by atoms with van der Waals surface area (Å²) in [4.78, 5) is 6.73. The standard InChI is InChI=1S/C12H17N3O2S/c1-9-2-3-11-12(14-9)15-6-7-18(16,17)8-10(15)4-5-13-11/h2-3,10,13H,4-8H2,1H3. The maximum atomic E-state index is 11.7. The largest absolute Gasteiger partial charge is 0.382 e. The number of sulfone groups is 1. The van der Waals surface area contributed by atoms with Crippen LogP contribution in [0.15, 0.2) is 12.1 Å². The van der Waals surface area contributed by atoms with Crippen LogP contribution in [0, 0.1) is 6.92 Å². The minimum atomic E-state index is -2.88. The average Bonchev–Trinajstić information content (AvgIpc) is 2.46. The highest BCUT2D eigenvalue weighted by Crippen LogP contribution is 2.31. The Morgan fingerprint density at radius 2 is 2.28 bits per heavy atom. The third-order valence-electron chi connectivity index (χ3n) is 3.61. The maximum absolute atomic E-state index is 11.7. The van der Waals surface area contributed by atoms with Crippen molar-refractivity contribution in [2.45, 2.75) is 19.4 Å². The second kappa shape index (κ2) is 4.12. The molecule has 1 atom stereocenters. The predicted molar refractivity (Wildman–Crippen MR) is 71.9 cm³/mol. The van der Waals surface area contributed by atoms with E-state index in [9.17, 15) is 8.42 Å². The van der Waals surface area contributed by atoms with Gasteiger partial charge in [0.05, 0.1) is 17.2 Å². The minimum Gasteiger partial charge on any atom is -0.382 e. The quantitative estimate of drug-likeness (QED) is 0.753. The van der Waals surface area contributed by atoms with Gasteiger partial charge in [-0.15, -0.1) is 0 Å². The van der Waals surface area contributed by atoms with Crippen molar-refractivity contribution in [3.05, 3.63) is 17.8 Å². The average molecular weight is 267 g/mol. The molecule has 2 aliphatic rings. The van der Waals surface area contributed by atoms with E-state index in [1.54, 1.807) is 0 Å². The number of hydrogen-bond acceptors (Lipinski definition) is 5. The number of pyridine rings is 1. The van der Waals surface area contributed by atoms with Crippen LogP contribution in [0.2, 0.25) is 0 Å². The van der Waals surface area contributed by atoms with Crippen LogP contribution in [0.4, 0.5) is 11.5 Å². The molecule has 18 heavy (non-hydrogen) atoms. The van der Waals surface area contributed by atoms with Crippen LogP contribution in [0.3, 0.4) is 0 Å². The third kappa shape index (κ3) is 2.05. The third-order valence-corrected chi connectivity index (χ3v) is 5.31. The summed E-state index contributed by atoms with van der Waals surface area (Å²) >= 11 is 0. The Bertz CT molecular complexity index is 571. The van der Waals surface area contributed by atoms with E-state index in [0.717, 1.165) is 30.2 Å². The summed E-state index contributed by atoms with van der Waals surface area (Å²) in [5, 5.41) is 3.34. The normalized spacial score (nSPS) is 25.6. The van der Waals surface area contributed by atoms with Crippen LogP contribution in [0.1, 0.15) is 12.1 Å². The molecule has 0 bridgehead atoms. The lowest BCUT2D eigenvalue weighted by molar-refractivity contribution is 0.548. The van der Waals surface area contributed by atoms with Crippen LogP contribution < -0.4 is 10.2 Å². The van der Waals surface area contributed by atoms with E-state index >= 15 is 0 Å². The fourth-order valence-electron chi connectivity index (χ4n) is 2.68. The van der Waals surface area contributed by atoms with Gasteiger partial charge in [0.2, 0.25) is 0 Å². The van der Waals surface area contributed by atoms with Gasteiger partial charge in [0, 0.05) is 24.8 Å². The van der Waals surface area contributed by atoms with Gasteiger partial charge in [0.25, 0.3) is 0 Å². The summed E-state index contributed by atoms with van der Waals surface area (Å²) in [5.41, 5.74) is 1.98. The summed E-state index contributed by atoms with van der Waals surface area (Å²) in [5.74, 6) is 1.40. The Hall–Kier alpha value is -1.30. The molecule has 3 heterocycles. The van der Waals surface area contributed by atoms with Gasteiger partial charge in [-0.25, -0.2) is 13.4 Å². The molecule has 1 saturated heterocycles. The van der Waals surface area contributed by atoms with Crippen molar-refractivity contribution in [3.8, 4) is 0 Å². The highest BCUT2D eigenvalue weighted by atomic mass is 32.2. The van der Waals surface area contributed by atoms with Crippen molar-refractivity contribution in [2.24, 2.45) is 0 Å². The van der Waals surface area contributed by atoms with Crippen molar-refractivity contribution in [3.63, 3.8) is 0 Å². The minimum absolute atomic E-state index is 0.0619. The van der Waals surface area contributed by atoms with E-state index in [0.29, 0.717) is 6.54 Å². The lowest BCUT2D eigenvalue weighted by Crippen LogP contribution is -2.48. The van der Waals surface area contributed by atoms with Crippen LogP contribution in [0.25, 0.3) is 0 Å². The van der Waals surface area contributed by atoms with E-state index in [-0.39, 0.29) is 17.5 Å². The predicted octanol–water partition coefficient (Wildman–Crippen LogP) is 0.809. The molecule has 3 rings (SSSR count). The lowest BCUT2D eigenvalue weighted by atomic mass is 10.2. The molecule has 98 valence electrons. The molecular weight excluding hydrogens is 250 g/mol. The number of rotatable bonds is 0. The molecule has 0 amide bonds.